The third kappa shape index (κ3) is 5.46. The molecule has 1 saturated heterocycles. The smallest absolute Gasteiger partial charge is 0.347 e. The molecular formula is C15H18F3N3O2. The molecule has 2 rings (SSSR count). The van der Waals surface area contributed by atoms with E-state index in [1.807, 2.05) is 11.4 Å². The predicted molar refractivity (Wildman–Crippen MR) is 78.8 cm³/mol. The average molecular weight is 329 g/mol. The fraction of sp³-hybridized carbons (Fsp3) is 0.467. The molecule has 1 unspecified atom stereocenters. The van der Waals surface area contributed by atoms with Crippen LogP contribution < -0.4 is 10.6 Å². The number of piperidine rings is 1. The molecule has 1 aliphatic heterocycles. The van der Waals surface area contributed by atoms with Gasteiger partial charge in [0.1, 0.15) is 6.54 Å². The number of carbonyl (C=O) groups excluding carboxylic acids is 2. The number of anilines is 1. The van der Waals surface area contributed by atoms with E-state index < -0.39 is 24.5 Å². The van der Waals surface area contributed by atoms with Gasteiger partial charge in [0.25, 0.3) is 0 Å². The van der Waals surface area contributed by atoms with Crippen molar-refractivity contribution in [2.75, 3.05) is 25.0 Å². The van der Waals surface area contributed by atoms with Gasteiger partial charge in [-0.05, 0) is 25.0 Å². The Morgan fingerprint density at radius 1 is 1.22 bits per heavy atom. The van der Waals surface area contributed by atoms with Gasteiger partial charge in [0.15, 0.2) is 0 Å². The highest BCUT2D eigenvalue weighted by molar-refractivity contribution is 5.90. The van der Waals surface area contributed by atoms with E-state index in [0.29, 0.717) is 25.1 Å². The summed E-state index contributed by atoms with van der Waals surface area (Å²) >= 11 is 0. The lowest BCUT2D eigenvalue weighted by molar-refractivity contribution is -0.141. The molecule has 1 aromatic carbocycles. The summed E-state index contributed by atoms with van der Waals surface area (Å²) in [5.74, 6) is -1.29. The van der Waals surface area contributed by atoms with E-state index in [1.54, 1.807) is 24.3 Å². The number of alkyl halides is 3. The summed E-state index contributed by atoms with van der Waals surface area (Å²) in [4.78, 5) is 25.4. The number of hydrogen-bond acceptors (Lipinski definition) is 2. The van der Waals surface area contributed by atoms with Crippen molar-refractivity contribution in [3.63, 3.8) is 0 Å². The van der Waals surface area contributed by atoms with E-state index in [4.69, 9.17) is 0 Å². The second-order valence-corrected chi connectivity index (χ2v) is 5.41. The van der Waals surface area contributed by atoms with Crippen LogP contribution in [-0.4, -0.2) is 42.6 Å². The number of urea groups is 1. The van der Waals surface area contributed by atoms with Crippen LogP contribution in [-0.2, 0) is 4.79 Å². The van der Waals surface area contributed by atoms with E-state index in [9.17, 15) is 22.8 Å². The van der Waals surface area contributed by atoms with Gasteiger partial charge in [-0.2, -0.15) is 13.2 Å². The molecule has 23 heavy (non-hydrogen) atoms. The minimum Gasteiger partial charge on any atom is -0.347 e. The molecule has 0 aliphatic carbocycles. The van der Waals surface area contributed by atoms with E-state index in [0.717, 1.165) is 0 Å². The second kappa shape index (κ2) is 7.34. The van der Waals surface area contributed by atoms with E-state index in [-0.39, 0.29) is 12.6 Å². The molecule has 126 valence electrons. The molecule has 1 aliphatic rings. The number of benzene rings is 1. The molecule has 1 aromatic rings. The first-order valence-electron chi connectivity index (χ1n) is 7.30. The highest BCUT2D eigenvalue weighted by Crippen LogP contribution is 2.19. The lowest BCUT2D eigenvalue weighted by atomic mass is 9.97. The van der Waals surface area contributed by atoms with Crippen LogP contribution in [0.1, 0.15) is 12.8 Å². The first-order chi connectivity index (χ1) is 10.8. The molecule has 0 spiro atoms. The fourth-order valence-corrected chi connectivity index (χ4v) is 2.43. The Balaban J connectivity index is 1.87. The molecular weight excluding hydrogens is 311 g/mol. The standard InChI is InChI=1S/C15H18F3N3O2/c16-15(17,18)10-19-13(22)11-5-4-8-21(9-11)14(23)20-12-6-2-1-3-7-12/h1-3,6-7,11H,4-5,8-10H2,(H,19,22)(H,20,23). The summed E-state index contributed by atoms with van der Waals surface area (Å²) in [6, 6.07) is 8.48. The number of amides is 3. The Kier molecular flexibility index (Phi) is 5.46. The molecule has 0 radical (unpaired) electrons. The number of halogens is 3. The van der Waals surface area contributed by atoms with E-state index >= 15 is 0 Å². The van der Waals surface area contributed by atoms with Crippen molar-refractivity contribution in [3.8, 4) is 0 Å². The number of nitrogens with one attached hydrogen (secondary N) is 2. The Labute approximate surface area is 131 Å². The minimum absolute atomic E-state index is 0.113. The quantitative estimate of drug-likeness (QED) is 0.895. The van der Waals surface area contributed by atoms with Gasteiger partial charge in [-0.25, -0.2) is 4.79 Å². The fourth-order valence-electron chi connectivity index (χ4n) is 2.43. The molecule has 0 aromatic heterocycles. The highest BCUT2D eigenvalue weighted by Gasteiger charge is 2.32. The summed E-state index contributed by atoms with van der Waals surface area (Å²) in [7, 11) is 0. The summed E-state index contributed by atoms with van der Waals surface area (Å²) < 4.78 is 36.4. The third-order valence-corrected chi connectivity index (χ3v) is 3.57. The summed E-state index contributed by atoms with van der Waals surface area (Å²) in [5.41, 5.74) is 0.626. The Morgan fingerprint density at radius 2 is 1.91 bits per heavy atom. The molecule has 8 heteroatoms. The Morgan fingerprint density at radius 3 is 2.57 bits per heavy atom. The first kappa shape index (κ1) is 17.1. The maximum atomic E-state index is 12.2. The number of likely N-dealkylation sites (tertiary alicyclic amines) is 1. The van der Waals surface area contributed by atoms with Crippen LogP contribution in [0.4, 0.5) is 23.7 Å². The molecule has 2 N–H and O–H groups in total. The Bertz CT molecular complexity index is 549. The summed E-state index contributed by atoms with van der Waals surface area (Å²) in [6.07, 6.45) is -3.39. The Hall–Kier alpha value is -2.25. The van der Waals surface area contributed by atoms with Gasteiger partial charge in [-0.3, -0.25) is 4.79 Å². The van der Waals surface area contributed by atoms with Crippen LogP contribution in [0, 0.1) is 5.92 Å². The van der Waals surface area contributed by atoms with Crippen LogP contribution in [0.2, 0.25) is 0 Å². The molecule has 1 heterocycles. The van der Waals surface area contributed by atoms with Crippen molar-refractivity contribution in [1.82, 2.24) is 10.2 Å². The zero-order valence-corrected chi connectivity index (χ0v) is 12.4. The number of nitrogens with zero attached hydrogens (tertiary/aromatic N) is 1. The van der Waals surface area contributed by atoms with Crippen molar-refractivity contribution in [1.29, 1.82) is 0 Å². The van der Waals surface area contributed by atoms with Crippen molar-refractivity contribution in [2.45, 2.75) is 19.0 Å². The first-order valence-corrected chi connectivity index (χ1v) is 7.30. The normalized spacial score (nSPS) is 18.4. The number of hydrogen-bond donors (Lipinski definition) is 2. The SMILES string of the molecule is O=C(NCC(F)(F)F)C1CCCN(C(=O)Nc2ccccc2)C1. The number of para-hydroxylation sites is 1. The van der Waals surface area contributed by atoms with Gasteiger partial charge in [0.05, 0.1) is 5.92 Å². The van der Waals surface area contributed by atoms with Crippen molar-refractivity contribution < 1.29 is 22.8 Å². The van der Waals surface area contributed by atoms with E-state index in [2.05, 4.69) is 5.32 Å². The molecule has 0 saturated carbocycles. The van der Waals surface area contributed by atoms with Gasteiger partial charge in [0.2, 0.25) is 5.91 Å². The number of carbonyl (C=O) groups is 2. The number of rotatable bonds is 3. The summed E-state index contributed by atoms with van der Waals surface area (Å²) in [5, 5.41) is 4.58. The average Bonchev–Trinajstić information content (AvgIpc) is 2.53. The zero-order valence-electron chi connectivity index (χ0n) is 12.4. The predicted octanol–water partition coefficient (Wildman–Crippen LogP) is 2.61. The second-order valence-electron chi connectivity index (χ2n) is 5.41. The van der Waals surface area contributed by atoms with Crippen LogP contribution in [0.15, 0.2) is 30.3 Å². The van der Waals surface area contributed by atoms with E-state index in [1.165, 1.54) is 4.90 Å². The molecule has 1 atom stereocenters. The van der Waals surface area contributed by atoms with Gasteiger partial charge >= 0.3 is 12.2 Å². The van der Waals surface area contributed by atoms with Crippen LogP contribution in [0.3, 0.4) is 0 Å². The van der Waals surface area contributed by atoms with Gasteiger partial charge < -0.3 is 15.5 Å². The monoisotopic (exact) mass is 329 g/mol. The lowest BCUT2D eigenvalue weighted by Gasteiger charge is -2.32. The van der Waals surface area contributed by atoms with Gasteiger partial charge in [-0.1, -0.05) is 18.2 Å². The lowest BCUT2D eigenvalue weighted by Crippen LogP contribution is -2.48. The van der Waals surface area contributed by atoms with Crippen molar-refractivity contribution >= 4 is 17.6 Å². The van der Waals surface area contributed by atoms with Crippen LogP contribution in [0.5, 0.6) is 0 Å². The van der Waals surface area contributed by atoms with Crippen LogP contribution >= 0.6 is 0 Å². The summed E-state index contributed by atoms with van der Waals surface area (Å²) in [6.45, 7) is -0.761. The topological polar surface area (TPSA) is 61.4 Å². The van der Waals surface area contributed by atoms with Gasteiger partial charge in [-0.15, -0.1) is 0 Å². The largest absolute Gasteiger partial charge is 0.405 e. The highest BCUT2D eigenvalue weighted by atomic mass is 19.4. The maximum Gasteiger partial charge on any atom is 0.405 e. The minimum atomic E-state index is -4.44. The zero-order chi connectivity index (χ0) is 16.9. The maximum absolute atomic E-state index is 12.2. The molecule has 1 fully saturated rings. The molecule has 0 bridgehead atoms. The van der Waals surface area contributed by atoms with Gasteiger partial charge in [0, 0.05) is 18.8 Å². The van der Waals surface area contributed by atoms with Crippen molar-refractivity contribution in [2.24, 2.45) is 5.92 Å². The van der Waals surface area contributed by atoms with Crippen LogP contribution in [0.25, 0.3) is 0 Å². The molecule has 3 amide bonds. The van der Waals surface area contributed by atoms with Crippen molar-refractivity contribution in [3.05, 3.63) is 30.3 Å². The third-order valence-electron chi connectivity index (χ3n) is 3.57. The molecule has 5 nitrogen and oxygen atoms in total.